The van der Waals surface area contributed by atoms with Crippen LogP contribution in [0.4, 0.5) is 0 Å². The summed E-state index contributed by atoms with van der Waals surface area (Å²) in [7, 11) is 0. The van der Waals surface area contributed by atoms with Gasteiger partial charge in [-0.1, -0.05) is 27.7 Å². The van der Waals surface area contributed by atoms with Gasteiger partial charge < -0.3 is 10.6 Å². The first-order valence-electron chi connectivity index (χ1n) is 6.86. The van der Waals surface area contributed by atoms with Crippen molar-refractivity contribution in [2.24, 2.45) is 17.3 Å². The Morgan fingerprint density at radius 2 is 1.89 bits per heavy atom. The topological polar surface area (TPSA) is 41.1 Å². The summed E-state index contributed by atoms with van der Waals surface area (Å²) in [5, 5.41) is 6.41. The SMILES string of the molecule is CC(CC(=O)NCC(C)(C)C)C1CCNCC1.Cl. The molecule has 18 heavy (non-hydrogen) atoms. The molecule has 1 fully saturated rings. The van der Waals surface area contributed by atoms with E-state index < -0.39 is 0 Å². The fraction of sp³-hybridized carbons (Fsp3) is 0.929. The van der Waals surface area contributed by atoms with Crippen molar-refractivity contribution in [2.45, 2.75) is 47.0 Å². The van der Waals surface area contributed by atoms with Gasteiger partial charge in [0.15, 0.2) is 0 Å². The van der Waals surface area contributed by atoms with Crippen molar-refractivity contribution in [2.75, 3.05) is 19.6 Å². The summed E-state index contributed by atoms with van der Waals surface area (Å²) >= 11 is 0. The van der Waals surface area contributed by atoms with Crippen LogP contribution in [0.25, 0.3) is 0 Å². The van der Waals surface area contributed by atoms with Crippen LogP contribution < -0.4 is 10.6 Å². The van der Waals surface area contributed by atoms with Crippen LogP contribution in [0, 0.1) is 17.3 Å². The average molecular weight is 277 g/mol. The first-order chi connectivity index (χ1) is 7.88. The van der Waals surface area contributed by atoms with E-state index in [2.05, 4.69) is 38.3 Å². The van der Waals surface area contributed by atoms with Gasteiger partial charge in [0.1, 0.15) is 0 Å². The molecule has 1 aliphatic heterocycles. The number of nitrogens with one attached hydrogen (secondary N) is 2. The Morgan fingerprint density at radius 3 is 2.39 bits per heavy atom. The van der Waals surface area contributed by atoms with Crippen molar-refractivity contribution in [1.29, 1.82) is 0 Å². The molecule has 0 saturated carbocycles. The zero-order chi connectivity index (χ0) is 12.9. The molecule has 0 radical (unpaired) electrons. The van der Waals surface area contributed by atoms with Gasteiger partial charge in [-0.25, -0.2) is 0 Å². The maximum Gasteiger partial charge on any atom is 0.220 e. The van der Waals surface area contributed by atoms with Gasteiger partial charge in [0, 0.05) is 13.0 Å². The molecule has 0 aliphatic carbocycles. The number of carbonyl (C=O) groups excluding carboxylic acids is 1. The Bertz CT molecular complexity index is 245. The van der Waals surface area contributed by atoms with Gasteiger partial charge in [-0.2, -0.15) is 0 Å². The Labute approximate surface area is 118 Å². The number of amides is 1. The number of piperidine rings is 1. The third-order valence-corrected chi connectivity index (χ3v) is 3.51. The number of hydrogen-bond acceptors (Lipinski definition) is 2. The van der Waals surface area contributed by atoms with Crippen LogP contribution in [0.1, 0.15) is 47.0 Å². The lowest BCUT2D eigenvalue weighted by Gasteiger charge is -2.28. The van der Waals surface area contributed by atoms with Crippen LogP contribution >= 0.6 is 12.4 Å². The van der Waals surface area contributed by atoms with E-state index in [0.717, 1.165) is 25.6 Å². The second kappa shape index (κ2) is 8.00. The van der Waals surface area contributed by atoms with E-state index in [1.807, 2.05) is 0 Å². The normalized spacial score (nSPS) is 18.9. The zero-order valence-electron chi connectivity index (χ0n) is 12.2. The highest BCUT2D eigenvalue weighted by atomic mass is 35.5. The van der Waals surface area contributed by atoms with Crippen molar-refractivity contribution in [3.05, 3.63) is 0 Å². The molecule has 4 heteroatoms. The summed E-state index contributed by atoms with van der Waals surface area (Å²) in [6.07, 6.45) is 3.11. The fourth-order valence-corrected chi connectivity index (χ4v) is 2.31. The van der Waals surface area contributed by atoms with Crippen LogP contribution in [0.2, 0.25) is 0 Å². The largest absolute Gasteiger partial charge is 0.356 e. The van der Waals surface area contributed by atoms with Crippen LogP contribution in [0.5, 0.6) is 0 Å². The smallest absolute Gasteiger partial charge is 0.220 e. The monoisotopic (exact) mass is 276 g/mol. The molecule has 1 amide bonds. The summed E-state index contributed by atoms with van der Waals surface area (Å²) in [6.45, 7) is 11.6. The zero-order valence-corrected chi connectivity index (χ0v) is 13.0. The molecule has 108 valence electrons. The van der Waals surface area contributed by atoms with Crippen molar-refractivity contribution < 1.29 is 4.79 Å². The molecule has 0 bridgehead atoms. The third kappa shape index (κ3) is 7.22. The highest BCUT2D eigenvalue weighted by Crippen LogP contribution is 2.24. The molecule has 3 nitrogen and oxygen atoms in total. The molecular formula is C14H29ClN2O. The fourth-order valence-electron chi connectivity index (χ4n) is 2.31. The van der Waals surface area contributed by atoms with Crippen molar-refractivity contribution >= 4 is 18.3 Å². The van der Waals surface area contributed by atoms with Crippen LogP contribution in [-0.2, 0) is 4.79 Å². The summed E-state index contributed by atoms with van der Waals surface area (Å²) in [6, 6.07) is 0. The first-order valence-corrected chi connectivity index (χ1v) is 6.86. The summed E-state index contributed by atoms with van der Waals surface area (Å²) in [5.41, 5.74) is 0.174. The van der Waals surface area contributed by atoms with Crippen LogP contribution in [0.15, 0.2) is 0 Å². The van der Waals surface area contributed by atoms with E-state index in [-0.39, 0.29) is 23.7 Å². The minimum atomic E-state index is 0. The lowest BCUT2D eigenvalue weighted by molar-refractivity contribution is -0.122. The van der Waals surface area contributed by atoms with Gasteiger partial charge >= 0.3 is 0 Å². The molecular weight excluding hydrogens is 248 g/mol. The maximum atomic E-state index is 11.8. The minimum absolute atomic E-state index is 0. The summed E-state index contributed by atoms with van der Waals surface area (Å²) in [4.78, 5) is 11.8. The Kier molecular flexibility index (Phi) is 7.88. The summed E-state index contributed by atoms with van der Waals surface area (Å²) in [5.74, 6) is 1.44. The van der Waals surface area contributed by atoms with Gasteiger partial charge in [-0.15, -0.1) is 12.4 Å². The van der Waals surface area contributed by atoms with Gasteiger partial charge in [0.05, 0.1) is 0 Å². The van der Waals surface area contributed by atoms with E-state index in [9.17, 15) is 4.79 Å². The van der Waals surface area contributed by atoms with E-state index in [1.165, 1.54) is 12.8 Å². The van der Waals surface area contributed by atoms with Gasteiger partial charge in [-0.3, -0.25) is 4.79 Å². The second-order valence-electron chi connectivity index (χ2n) is 6.61. The maximum absolute atomic E-state index is 11.8. The Balaban J connectivity index is 0.00000289. The van der Waals surface area contributed by atoms with Crippen molar-refractivity contribution in [3.8, 4) is 0 Å². The first kappa shape index (κ1) is 17.7. The van der Waals surface area contributed by atoms with Crippen molar-refractivity contribution in [3.63, 3.8) is 0 Å². The molecule has 1 aliphatic rings. The van der Waals surface area contributed by atoms with E-state index >= 15 is 0 Å². The van der Waals surface area contributed by atoms with Gasteiger partial charge in [-0.05, 0) is 43.2 Å². The highest BCUT2D eigenvalue weighted by Gasteiger charge is 2.22. The average Bonchev–Trinajstić information content (AvgIpc) is 2.27. The number of rotatable bonds is 4. The molecule has 1 saturated heterocycles. The van der Waals surface area contributed by atoms with Gasteiger partial charge in [0.2, 0.25) is 5.91 Å². The van der Waals surface area contributed by atoms with E-state index in [4.69, 9.17) is 0 Å². The molecule has 1 atom stereocenters. The summed E-state index contributed by atoms with van der Waals surface area (Å²) < 4.78 is 0. The predicted octanol–water partition coefficient (Wildman–Crippen LogP) is 2.60. The lowest BCUT2D eigenvalue weighted by atomic mass is 9.84. The predicted molar refractivity (Wildman–Crippen MR) is 79.1 cm³/mol. The molecule has 1 rings (SSSR count). The second-order valence-corrected chi connectivity index (χ2v) is 6.61. The molecule has 0 aromatic rings. The molecule has 1 heterocycles. The minimum Gasteiger partial charge on any atom is -0.356 e. The Hall–Kier alpha value is -0.280. The van der Waals surface area contributed by atoms with Crippen LogP contribution in [0.3, 0.4) is 0 Å². The number of halogens is 1. The van der Waals surface area contributed by atoms with Gasteiger partial charge in [0.25, 0.3) is 0 Å². The molecule has 1 unspecified atom stereocenters. The molecule has 0 spiro atoms. The standard InChI is InChI=1S/C14H28N2O.ClH/c1-11(12-5-7-15-8-6-12)9-13(17)16-10-14(2,3)4;/h11-12,15H,5-10H2,1-4H3,(H,16,17);1H. The quantitative estimate of drug-likeness (QED) is 0.829. The lowest BCUT2D eigenvalue weighted by Crippen LogP contribution is -2.36. The Morgan fingerprint density at radius 1 is 1.33 bits per heavy atom. The molecule has 0 aromatic heterocycles. The van der Waals surface area contributed by atoms with Crippen LogP contribution in [-0.4, -0.2) is 25.5 Å². The third-order valence-electron chi connectivity index (χ3n) is 3.51. The van der Waals surface area contributed by atoms with Crippen molar-refractivity contribution in [1.82, 2.24) is 10.6 Å². The van der Waals surface area contributed by atoms with E-state index in [1.54, 1.807) is 0 Å². The number of carbonyl (C=O) groups is 1. The number of hydrogen-bond donors (Lipinski definition) is 2. The van der Waals surface area contributed by atoms with E-state index in [0.29, 0.717) is 12.3 Å². The molecule has 2 N–H and O–H groups in total. The highest BCUT2D eigenvalue weighted by molar-refractivity contribution is 5.85. The molecule has 0 aromatic carbocycles.